The Kier molecular flexibility index (Phi) is 6.21. The Morgan fingerprint density at radius 1 is 1.53 bits per heavy atom. The predicted molar refractivity (Wildman–Crippen MR) is 67.3 cm³/mol. The number of aromatic nitrogens is 1. The maximum absolute atomic E-state index is 11.5. The van der Waals surface area contributed by atoms with Gasteiger partial charge in [0.05, 0.1) is 12.2 Å². The van der Waals surface area contributed by atoms with Gasteiger partial charge in [-0.2, -0.15) is 0 Å². The van der Waals surface area contributed by atoms with Gasteiger partial charge in [0.1, 0.15) is 0 Å². The van der Waals surface area contributed by atoms with Crippen molar-refractivity contribution in [3.63, 3.8) is 0 Å². The monoisotopic (exact) mass is 236 g/mol. The van der Waals surface area contributed by atoms with Gasteiger partial charge in [-0.25, -0.2) is 0 Å². The van der Waals surface area contributed by atoms with Gasteiger partial charge >= 0.3 is 0 Å². The van der Waals surface area contributed by atoms with Gasteiger partial charge in [0, 0.05) is 25.8 Å². The highest BCUT2D eigenvalue weighted by Gasteiger charge is 2.09. The molecule has 0 bridgehead atoms. The maximum atomic E-state index is 11.5. The number of nitrogens with zero attached hydrogens (tertiary/aromatic N) is 2. The predicted octanol–water partition coefficient (Wildman–Crippen LogP) is -0.0216. The molecule has 0 unspecified atom stereocenters. The quantitative estimate of drug-likeness (QED) is 0.698. The third-order valence-electron chi connectivity index (χ3n) is 2.39. The molecule has 5 nitrogen and oxygen atoms in total. The summed E-state index contributed by atoms with van der Waals surface area (Å²) in [4.78, 5) is 17.8. The van der Waals surface area contributed by atoms with Gasteiger partial charge in [0.15, 0.2) is 0 Å². The average molecular weight is 236 g/mol. The minimum Gasteiger partial charge on any atom is -0.354 e. The second-order valence-electron chi connectivity index (χ2n) is 3.76. The highest BCUT2D eigenvalue weighted by atomic mass is 16.2. The Bertz CT molecular complexity index is 329. The van der Waals surface area contributed by atoms with Crippen LogP contribution in [0.2, 0.25) is 0 Å². The Morgan fingerprint density at radius 2 is 2.35 bits per heavy atom. The van der Waals surface area contributed by atoms with Crippen LogP contribution in [0.1, 0.15) is 12.6 Å². The fraction of sp³-hybridized carbons (Fsp3) is 0.500. The molecule has 0 radical (unpaired) electrons. The second-order valence-corrected chi connectivity index (χ2v) is 3.76. The molecule has 1 heterocycles. The van der Waals surface area contributed by atoms with Crippen LogP contribution >= 0.6 is 0 Å². The first-order chi connectivity index (χ1) is 8.26. The highest BCUT2D eigenvalue weighted by molar-refractivity contribution is 5.77. The number of nitrogens with one attached hydrogen (secondary N) is 1. The lowest BCUT2D eigenvalue weighted by molar-refractivity contribution is -0.122. The molecule has 5 heteroatoms. The lowest BCUT2D eigenvalue weighted by Gasteiger charge is -2.19. The first-order valence-corrected chi connectivity index (χ1v) is 5.85. The molecule has 1 aromatic heterocycles. The zero-order valence-corrected chi connectivity index (χ0v) is 10.2. The van der Waals surface area contributed by atoms with Crippen LogP contribution in [0.15, 0.2) is 24.4 Å². The van der Waals surface area contributed by atoms with Crippen LogP contribution in [0.4, 0.5) is 0 Å². The van der Waals surface area contributed by atoms with Gasteiger partial charge in [-0.15, -0.1) is 0 Å². The van der Waals surface area contributed by atoms with E-state index in [1.54, 1.807) is 6.20 Å². The summed E-state index contributed by atoms with van der Waals surface area (Å²) in [7, 11) is 0. The number of likely N-dealkylation sites (N-methyl/N-ethyl adjacent to an activating group) is 1. The van der Waals surface area contributed by atoms with Crippen molar-refractivity contribution in [2.45, 2.75) is 13.5 Å². The minimum absolute atomic E-state index is 0.00762. The summed E-state index contributed by atoms with van der Waals surface area (Å²) >= 11 is 0. The van der Waals surface area contributed by atoms with E-state index in [-0.39, 0.29) is 5.91 Å². The highest BCUT2D eigenvalue weighted by Crippen LogP contribution is 2.00. The van der Waals surface area contributed by atoms with Gasteiger partial charge in [0.25, 0.3) is 0 Å². The number of carbonyl (C=O) groups excluding carboxylic acids is 1. The number of nitrogens with two attached hydrogens (primary N) is 1. The molecular weight excluding hydrogens is 216 g/mol. The lowest BCUT2D eigenvalue weighted by atomic mass is 10.3. The van der Waals surface area contributed by atoms with Crippen molar-refractivity contribution in [2.24, 2.45) is 5.73 Å². The Hall–Kier alpha value is -1.46. The maximum Gasteiger partial charge on any atom is 0.234 e. The van der Waals surface area contributed by atoms with Crippen molar-refractivity contribution in [3.8, 4) is 0 Å². The zero-order chi connectivity index (χ0) is 12.5. The van der Waals surface area contributed by atoms with Crippen molar-refractivity contribution >= 4 is 5.91 Å². The lowest BCUT2D eigenvalue weighted by Crippen LogP contribution is -2.38. The summed E-state index contributed by atoms with van der Waals surface area (Å²) in [6.07, 6.45) is 1.76. The first kappa shape index (κ1) is 13.6. The summed E-state index contributed by atoms with van der Waals surface area (Å²) in [5.41, 5.74) is 6.30. The standard InChI is InChI=1S/C12H20N4O/c1-2-16(10-12(17)15-8-6-13)9-11-5-3-4-7-14-11/h3-5,7H,2,6,8-10,13H2,1H3,(H,15,17). The number of hydrogen-bond donors (Lipinski definition) is 2. The number of rotatable bonds is 7. The summed E-state index contributed by atoms with van der Waals surface area (Å²) in [5, 5.41) is 2.76. The first-order valence-electron chi connectivity index (χ1n) is 5.85. The van der Waals surface area contributed by atoms with Crippen LogP contribution in [0.3, 0.4) is 0 Å². The SMILES string of the molecule is CCN(CC(=O)NCCN)Cc1ccccn1. The van der Waals surface area contributed by atoms with Crippen LogP contribution < -0.4 is 11.1 Å². The Morgan fingerprint density at radius 3 is 2.94 bits per heavy atom. The molecule has 0 aromatic carbocycles. The third-order valence-corrected chi connectivity index (χ3v) is 2.39. The van der Waals surface area contributed by atoms with E-state index in [1.807, 2.05) is 30.0 Å². The van der Waals surface area contributed by atoms with Crippen molar-refractivity contribution in [2.75, 3.05) is 26.2 Å². The summed E-state index contributed by atoms with van der Waals surface area (Å²) in [6, 6.07) is 5.79. The normalized spacial score (nSPS) is 10.5. The van der Waals surface area contributed by atoms with E-state index in [9.17, 15) is 4.79 Å². The zero-order valence-electron chi connectivity index (χ0n) is 10.2. The second kappa shape index (κ2) is 7.76. The van der Waals surface area contributed by atoms with E-state index in [0.29, 0.717) is 26.2 Å². The Labute approximate surface area is 102 Å². The molecule has 0 fully saturated rings. The molecule has 1 aromatic rings. The van der Waals surface area contributed by atoms with E-state index in [2.05, 4.69) is 10.3 Å². The number of amides is 1. The molecule has 0 saturated heterocycles. The van der Waals surface area contributed by atoms with Crippen molar-refractivity contribution in [1.82, 2.24) is 15.2 Å². The molecular formula is C12H20N4O. The Balaban J connectivity index is 2.41. The van der Waals surface area contributed by atoms with Crippen molar-refractivity contribution < 1.29 is 4.79 Å². The van der Waals surface area contributed by atoms with Gasteiger partial charge in [-0.1, -0.05) is 13.0 Å². The summed E-state index contributed by atoms with van der Waals surface area (Å²) < 4.78 is 0. The van der Waals surface area contributed by atoms with Gasteiger partial charge in [-0.05, 0) is 18.7 Å². The molecule has 0 spiro atoms. The van der Waals surface area contributed by atoms with Crippen LogP contribution in [0.25, 0.3) is 0 Å². The van der Waals surface area contributed by atoms with E-state index < -0.39 is 0 Å². The molecule has 0 aliphatic carbocycles. The topological polar surface area (TPSA) is 71.2 Å². The molecule has 0 atom stereocenters. The van der Waals surface area contributed by atoms with Crippen molar-refractivity contribution in [1.29, 1.82) is 0 Å². The molecule has 94 valence electrons. The third kappa shape index (κ3) is 5.42. The van der Waals surface area contributed by atoms with Crippen molar-refractivity contribution in [3.05, 3.63) is 30.1 Å². The number of pyridine rings is 1. The van der Waals surface area contributed by atoms with Gasteiger partial charge in [0.2, 0.25) is 5.91 Å². The van der Waals surface area contributed by atoms with E-state index in [0.717, 1.165) is 12.2 Å². The summed E-state index contributed by atoms with van der Waals surface area (Å²) in [5.74, 6) is 0.00762. The molecule has 0 aliphatic rings. The van der Waals surface area contributed by atoms with Gasteiger partial charge < -0.3 is 11.1 Å². The molecule has 0 aliphatic heterocycles. The fourth-order valence-electron chi connectivity index (χ4n) is 1.47. The number of carbonyl (C=O) groups is 1. The summed E-state index contributed by atoms with van der Waals surface area (Å²) in [6.45, 7) is 4.91. The molecule has 1 amide bonds. The minimum atomic E-state index is 0.00762. The largest absolute Gasteiger partial charge is 0.354 e. The van der Waals surface area contributed by atoms with E-state index in [4.69, 9.17) is 5.73 Å². The van der Waals surface area contributed by atoms with Crippen LogP contribution in [-0.4, -0.2) is 42.0 Å². The van der Waals surface area contributed by atoms with E-state index >= 15 is 0 Å². The number of hydrogen-bond acceptors (Lipinski definition) is 4. The van der Waals surface area contributed by atoms with Crippen LogP contribution in [0, 0.1) is 0 Å². The molecule has 17 heavy (non-hydrogen) atoms. The average Bonchev–Trinajstić information content (AvgIpc) is 2.36. The van der Waals surface area contributed by atoms with Gasteiger partial charge in [-0.3, -0.25) is 14.7 Å². The molecule has 1 rings (SSSR count). The van der Waals surface area contributed by atoms with E-state index in [1.165, 1.54) is 0 Å². The smallest absolute Gasteiger partial charge is 0.234 e. The molecule has 0 saturated carbocycles. The fourth-order valence-corrected chi connectivity index (χ4v) is 1.47. The molecule has 3 N–H and O–H groups in total. The van der Waals surface area contributed by atoms with Crippen LogP contribution in [-0.2, 0) is 11.3 Å². The van der Waals surface area contributed by atoms with Crippen LogP contribution in [0.5, 0.6) is 0 Å².